The fourth-order valence-corrected chi connectivity index (χ4v) is 3.31. The number of rotatable bonds is 11. The van der Waals surface area contributed by atoms with Crippen LogP contribution in [-0.2, 0) is 4.74 Å². The van der Waals surface area contributed by atoms with E-state index in [2.05, 4.69) is 38.5 Å². The zero-order valence-electron chi connectivity index (χ0n) is 16.9. The largest absolute Gasteiger partial charge is 0.468 e. The molecule has 1 aliphatic rings. The van der Waals surface area contributed by atoms with Crippen molar-refractivity contribution < 1.29 is 9.15 Å². The minimum absolute atomic E-state index is 0. The first-order valence-electron chi connectivity index (χ1n) is 9.64. The second-order valence-corrected chi connectivity index (χ2v) is 6.80. The van der Waals surface area contributed by atoms with Gasteiger partial charge >= 0.3 is 0 Å². The maximum absolute atomic E-state index is 5.67. The Morgan fingerprint density at radius 2 is 2.11 bits per heavy atom. The summed E-state index contributed by atoms with van der Waals surface area (Å²) >= 11 is 0. The van der Waals surface area contributed by atoms with E-state index < -0.39 is 0 Å². The van der Waals surface area contributed by atoms with Gasteiger partial charge in [-0.25, -0.2) is 0 Å². The topological polar surface area (TPSA) is 65.3 Å². The van der Waals surface area contributed by atoms with Crippen LogP contribution in [0.4, 0.5) is 0 Å². The van der Waals surface area contributed by atoms with Gasteiger partial charge in [-0.3, -0.25) is 9.89 Å². The fourth-order valence-electron chi connectivity index (χ4n) is 3.31. The number of halogens is 1. The second kappa shape index (κ2) is 14.2. The van der Waals surface area contributed by atoms with E-state index in [4.69, 9.17) is 9.15 Å². The van der Waals surface area contributed by atoms with Gasteiger partial charge in [0.25, 0.3) is 0 Å². The number of guanidine groups is 1. The SMILES string of the molecule is CN=C(NCCN(C)CCCOC)NCC(c1ccco1)N1CCCC1.I. The summed E-state index contributed by atoms with van der Waals surface area (Å²) in [5, 5.41) is 6.86. The third-order valence-electron chi connectivity index (χ3n) is 4.81. The first-order chi connectivity index (χ1) is 12.7. The number of hydrogen-bond donors (Lipinski definition) is 2. The normalized spacial score (nSPS) is 16.4. The van der Waals surface area contributed by atoms with Gasteiger partial charge in [0.05, 0.1) is 12.3 Å². The van der Waals surface area contributed by atoms with Gasteiger partial charge in [0.15, 0.2) is 5.96 Å². The molecule has 27 heavy (non-hydrogen) atoms. The minimum Gasteiger partial charge on any atom is -0.468 e. The van der Waals surface area contributed by atoms with Crippen molar-refractivity contribution in [3.8, 4) is 0 Å². The lowest BCUT2D eigenvalue weighted by Crippen LogP contribution is -2.44. The lowest BCUT2D eigenvalue weighted by atomic mass is 10.2. The zero-order valence-corrected chi connectivity index (χ0v) is 19.3. The maximum Gasteiger partial charge on any atom is 0.191 e. The van der Waals surface area contributed by atoms with Crippen molar-refractivity contribution in [1.82, 2.24) is 20.4 Å². The average molecular weight is 493 g/mol. The van der Waals surface area contributed by atoms with E-state index in [1.807, 2.05) is 13.1 Å². The third kappa shape index (κ3) is 8.80. The van der Waals surface area contributed by atoms with Crippen LogP contribution in [0.3, 0.4) is 0 Å². The van der Waals surface area contributed by atoms with Crippen LogP contribution >= 0.6 is 24.0 Å². The predicted molar refractivity (Wildman–Crippen MR) is 121 cm³/mol. The van der Waals surface area contributed by atoms with Crippen molar-refractivity contribution in [3.63, 3.8) is 0 Å². The maximum atomic E-state index is 5.67. The van der Waals surface area contributed by atoms with Gasteiger partial charge < -0.3 is 24.7 Å². The lowest BCUT2D eigenvalue weighted by Gasteiger charge is -2.27. The molecule has 1 aromatic heterocycles. The monoisotopic (exact) mass is 493 g/mol. The summed E-state index contributed by atoms with van der Waals surface area (Å²) in [6.07, 6.45) is 5.34. The Bertz CT molecular complexity index is 506. The van der Waals surface area contributed by atoms with E-state index in [9.17, 15) is 0 Å². The predicted octanol–water partition coefficient (Wildman–Crippen LogP) is 2.17. The van der Waals surface area contributed by atoms with E-state index in [-0.39, 0.29) is 30.0 Å². The van der Waals surface area contributed by atoms with Gasteiger partial charge in [0, 0.05) is 46.9 Å². The van der Waals surface area contributed by atoms with Crippen molar-refractivity contribution in [2.45, 2.75) is 25.3 Å². The summed E-state index contributed by atoms with van der Waals surface area (Å²) in [5.74, 6) is 1.86. The number of nitrogens with zero attached hydrogens (tertiary/aromatic N) is 3. The molecule has 1 saturated heterocycles. The van der Waals surface area contributed by atoms with Crippen LogP contribution in [0, 0.1) is 0 Å². The van der Waals surface area contributed by atoms with Crippen LogP contribution in [-0.4, -0.2) is 82.8 Å². The molecule has 2 heterocycles. The summed E-state index contributed by atoms with van der Waals surface area (Å²) in [5.41, 5.74) is 0. The van der Waals surface area contributed by atoms with Crippen LogP contribution in [0.1, 0.15) is 31.1 Å². The Morgan fingerprint density at radius 3 is 2.74 bits per heavy atom. The minimum atomic E-state index is 0. The Morgan fingerprint density at radius 1 is 1.33 bits per heavy atom. The Kier molecular flexibility index (Phi) is 12.7. The molecule has 1 unspecified atom stereocenters. The van der Waals surface area contributed by atoms with Gasteiger partial charge in [0.2, 0.25) is 0 Å². The molecule has 0 amide bonds. The molecule has 0 bridgehead atoms. The highest BCUT2D eigenvalue weighted by Gasteiger charge is 2.25. The van der Waals surface area contributed by atoms with Crippen molar-refractivity contribution >= 4 is 29.9 Å². The standard InChI is InChI=1S/C19H35N5O2.HI/c1-20-19(21-9-13-23(2)10-7-14-25-3)22-16-17(18-8-6-15-26-18)24-11-4-5-12-24;/h6,8,15,17H,4-5,7,9-14,16H2,1-3H3,(H2,20,21,22);1H. The van der Waals surface area contributed by atoms with E-state index in [0.29, 0.717) is 0 Å². The first-order valence-corrected chi connectivity index (χ1v) is 9.64. The summed E-state index contributed by atoms with van der Waals surface area (Å²) < 4.78 is 10.8. The quantitative estimate of drug-likeness (QED) is 0.213. The molecule has 7 nitrogen and oxygen atoms in total. The van der Waals surface area contributed by atoms with E-state index in [1.165, 1.54) is 12.8 Å². The summed E-state index contributed by atoms with van der Waals surface area (Å²) in [7, 11) is 5.69. The first kappa shape index (κ1) is 24.2. The Balaban J connectivity index is 0.00000364. The highest BCUT2D eigenvalue weighted by molar-refractivity contribution is 14.0. The smallest absolute Gasteiger partial charge is 0.191 e. The van der Waals surface area contributed by atoms with Gasteiger partial charge in [0.1, 0.15) is 5.76 Å². The molecule has 1 aromatic rings. The molecule has 156 valence electrons. The zero-order chi connectivity index (χ0) is 18.6. The molecule has 1 aliphatic heterocycles. The molecule has 0 aliphatic carbocycles. The molecular formula is C19H36IN5O2. The highest BCUT2D eigenvalue weighted by atomic mass is 127. The number of methoxy groups -OCH3 is 1. The van der Waals surface area contributed by atoms with Gasteiger partial charge in [-0.1, -0.05) is 0 Å². The van der Waals surface area contributed by atoms with Crippen molar-refractivity contribution in [1.29, 1.82) is 0 Å². The van der Waals surface area contributed by atoms with Gasteiger partial charge in [-0.05, 0) is 51.5 Å². The Labute approximate surface area is 180 Å². The second-order valence-electron chi connectivity index (χ2n) is 6.80. The number of nitrogens with one attached hydrogen (secondary N) is 2. The molecule has 2 N–H and O–H groups in total. The number of furan rings is 1. The van der Waals surface area contributed by atoms with Crippen molar-refractivity contribution in [2.24, 2.45) is 4.99 Å². The molecule has 1 atom stereocenters. The Hall–Kier alpha value is -0.840. The number of aliphatic imine (C=N–C) groups is 1. The van der Waals surface area contributed by atoms with Crippen LogP contribution in [0.5, 0.6) is 0 Å². The third-order valence-corrected chi connectivity index (χ3v) is 4.81. The molecule has 8 heteroatoms. The number of hydrogen-bond acceptors (Lipinski definition) is 5. The van der Waals surface area contributed by atoms with E-state index in [0.717, 1.165) is 64.0 Å². The van der Waals surface area contributed by atoms with Crippen molar-refractivity contribution in [3.05, 3.63) is 24.2 Å². The molecule has 0 spiro atoms. The highest BCUT2D eigenvalue weighted by Crippen LogP contribution is 2.24. The molecule has 1 fully saturated rings. The van der Waals surface area contributed by atoms with Crippen LogP contribution < -0.4 is 10.6 Å². The molecule has 2 rings (SSSR count). The van der Waals surface area contributed by atoms with E-state index in [1.54, 1.807) is 13.4 Å². The van der Waals surface area contributed by atoms with Crippen molar-refractivity contribution in [2.75, 3.05) is 67.1 Å². The molecular weight excluding hydrogens is 457 g/mol. The number of likely N-dealkylation sites (N-methyl/N-ethyl adjacent to an activating group) is 1. The fraction of sp³-hybridized carbons (Fsp3) is 0.737. The number of likely N-dealkylation sites (tertiary alicyclic amines) is 1. The van der Waals surface area contributed by atoms with Crippen LogP contribution in [0.15, 0.2) is 27.8 Å². The lowest BCUT2D eigenvalue weighted by molar-refractivity contribution is 0.180. The molecule has 0 aromatic carbocycles. The number of ether oxygens (including phenoxy) is 1. The summed E-state index contributed by atoms with van der Waals surface area (Å²) in [6, 6.07) is 4.28. The summed E-state index contributed by atoms with van der Waals surface area (Å²) in [4.78, 5) is 9.14. The van der Waals surface area contributed by atoms with Gasteiger partial charge in [-0.2, -0.15) is 0 Å². The average Bonchev–Trinajstić information content (AvgIpc) is 3.35. The molecule has 0 saturated carbocycles. The molecule has 0 radical (unpaired) electrons. The van der Waals surface area contributed by atoms with Gasteiger partial charge in [-0.15, -0.1) is 24.0 Å². The van der Waals surface area contributed by atoms with E-state index >= 15 is 0 Å². The van der Waals surface area contributed by atoms with Crippen LogP contribution in [0.2, 0.25) is 0 Å². The summed E-state index contributed by atoms with van der Waals surface area (Å²) in [6.45, 7) is 6.73. The van der Waals surface area contributed by atoms with Crippen LogP contribution in [0.25, 0.3) is 0 Å².